The zero-order chi connectivity index (χ0) is 23.7. The highest BCUT2D eigenvalue weighted by atomic mass is 16.5. The van der Waals surface area contributed by atoms with E-state index >= 15 is 0 Å². The predicted octanol–water partition coefficient (Wildman–Crippen LogP) is 7.14. The maximum Gasteiger partial charge on any atom is 0.145 e. The van der Waals surface area contributed by atoms with E-state index in [9.17, 15) is 0 Å². The van der Waals surface area contributed by atoms with Gasteiger partial charge in [-0.1, -0.05) is 27.7 Å². The summed E-state index contributed by atoms with van der Waals surface area (Å²) in [6.45, 7) is 11.1. The summed E-state index contributed by atoms with van der Waals surface area (Å²) >= 11 is 0. The Hall–Kier alpha value is -3.14. The van der Waals surface area contributed by atoms with Crippen molar-refractivity contribution in [1.29, 1.82) is 0 Å². The lowest BCUT2D eigenvalue weighted by molar-refractivity contribution is 0.415. The van der Waals surface area contributed by atoms with Gasteiger partial charge in [-0.05, 0) is 89.8 Å². The van der Waals surface area contributed by atoms with E-state index in [1.54, 1.807) is 14.2 Å². The van der Waals surface area contributed by atoms with Gasteiger partial charge in [0.05, 0.1) is 19.7 Å². The number of nitrogens with zero attached hydrogens (tertiary/aromatic N) is 2. The minimum Gasteiger partial charge on any atom is -0.497 e. The highest BCUT2D eigenvalue weighted by molar-refractivity contribution is 5.89. The lowest BCUT2D eigenvalue weighted by Crippen LogP contribution is -2.04. The Bertz CT molecular complexity index is 1310. The first-order valence-electron chi connectivity index (χ1n) is 11.8. The summed E-state index contributed by atoms with van der Waals surface area (Å²) in [7, 11) is 3.45. The van der Waals surface area contributed by atoms with Crippen LogP contribution in [-0.4, -0.2) is 24.2 Å². The lowest BCUT2D eigenvalue weighted by Gasteiger charge is -2.18. The predicted molar refractivity (Wildman–Crippen MR) is 137 cm³/mol. The van der Waals surface area contributed by atoms with Gasteiger partial charge in [0, 0.05) is 23.2 Å². The number of hydrogen-bond acceptors (Lipinski definition) is 4. The van der Waals surface area contributed by atoms with E-state index in [-0.39, 0.29) is 0 Å². The highest BCUT2D eigenvalue weighted by Crippen LogP contribution is 2.35. The van der Waals surface area contributed by atoms with Gasteiger partial charge in [0.15, 0.2) is 0 Å². The van der Waals surface area contributed by atoms with Gasteiger partial charge in [-0.25, -0.2) is 0 Å². The fourth-order valence-corrected chi connectivity index (χ4v) is 4.89. The molecule has 0 N–H and O–H groups in total. The average molecular weight is 443 g/mol. The highest BCUT2D eigenvalue weighted by Gasteiger charge is 2.16. The van der Waals surface area contributed by atoms with E-state index in [2.05, 4.69) is 76.1 Å². The second kappa shape index (κ2) is 9.38. The van der Waals surface area contributed by atoms with Crippen LogP contribution in [0.3, 0.4) is 0 Å². The monoisotopic (exact) mass is 442 g/mol. The van der Waals surface area contributed by atoms with Crippen LogP contribution in [0.1, 0.15) is 67.3 Å². The molecule has 0 aliphatic rings. The molecule has 2 heterocycles. The Morgan fingerprint density at radius 2 is 1.61 bits per heavy atom. The molecule has 4 aromatic rings. The minimum absolute atomic E-state index is 0.389. The van der Waals surface area contributed by atoms with Crippen LogP contribution in [0, 0.1) is 6.92 Å². The third-order valence-corrected chi connectivity index (χ3v) is 6.50. The first-order valence-corrected chi connectivity index (χ1v) is 11.8. The molecular formula is C29H34N2O2. The molecule has 4 heteroatoms. The molecule has 0 fully saturated rings. The normalized spacial score (nSPS) is 11.7. The number of aryl methyl sites for hydroxylation is 3. The van der Waals surface area contributed by atoms with Crippen LogP contribution in [-0.2, 0) is 12.8 Å². The number of pyridine rings is 2. The van der Waals surface area contributed by atoms with Gasteiger partial charge in [0.25, 0.3) is 0 Å². The first kappa shape index (κ1) is 23.0. The summed E-state index contributed by atoms with van der Waals surface area (Å²) in [4.78, 5) is 9.45. The van der Waals surface area contributed by atoms with E-state index in [1.807, 2.05) is 6.20 Å². The summed E-state index contributed by atoms with van der Waals surface area (Å²) in [6, 6.07) is 10.7. The molecule has 4 nitrogen and oxygen atoms in total. The van der Waals surface area contributed by atoms with Crippen LogP contribution < -0.4 is 9.47 Å². The molecule has 2 aromatic heterocycles. The standard InChI is InChI=1S/C29H34N2O2/c1-17(2)23-10-11-30-29-24(23)13-20(14-26(29)33-7)8-9-21-16-31-28-19(5)12-22(32-6)15-25(28)27(21)18(3)4/h10-18H,8-9H2,1-7H3. The van der Waals surface area contributed by atoms with Gasteiger partial charge in [-0.15, -0.1) is 0 Å². The van der Waals surface area contributed by atoms with Crippen LogP contribution in [0.5, 0.6) is 11.5 Å². The molecular weight excluding hydrogens is 408 g/mol. The van der Waals surface area contributed by atoms with Crippen LogP contribution in [0.25, 0.3) is 21.8 Å². The quantitative estimate of drug-likeness (QED) is 0.305. The molecule has 0 atom stereocenters. The molecule has 2 aromatic carbocycles. The van der Waals surface area contributed by atoms with Crippen molar-refractivity contribution in [2.24, 2.45) is 0 Å². The van der Waals surface area contributed by atoms with Crippen molar-refractivity contribution in [2.45, 2.75) is 59.3 Å². The van der Waals surface area contributed by atoms with Gasteiger partial charge in [-0.3, -0.25) is 9.97 Å². The smallest absolute Gasteiger partial charge is 0.145 e. The number of benzene rings is 2. The Balaban J connectivity index is 1.77. The molecule has 0 saturated carbocycles. The number of hydrogen-bond donors (Lipinski definition) is 0. The van der Waals surface area contributed by atoms with E-state index < -0.39 is 0 Å². The van der Waals surface area contributed by atoms with Crippen molar-refractivity contribution in [1.82, 2.24) is 9.97 Å². The van der Waals surface area contributed by atoms with E-state index in [4.69, 9.17) is 14.5 Å². The fraction of sp³-hybridized carbons (Fsp3) is 0.379. The molecule has 0 saturated heterocycles. The Kier molecular flexibility index (Phi) is 6.55. The van der Waals surface area contributed by atoms with Crippen LogP contribution in [0.2, 0.25) is 0 Å². The number of rotatable bonds is 7. The van der Waals surface area contributed by atoms with Crippen molar-refractivity contribution in [3.63, 3.8) is 0 Å². The summed E-state index contributed by atoms with van der Waals surface area (Å²) in [5.41, 5.74) is 8.35. The largest absolute Gasteiger partial charge is 0.497 e. The Morgan fingerprint density at radius 3 is 2.27 bits per heavy atom. The molecule has 4 rings (SSSR count). The second-order valence-electron chi connectivity index (χ2n) is 9.44. The summed E-state index contributed by atoms with van der Waals surface area (Å²) in [6.07, 6.45) is 5.77. The van der Waals surface area contributed by atoms with Crippen LogP contribution in [0.4, 0.5) is 0 Å². The van der Waals surface area contributed by atoms with Crippen molar-refractivity contribution in [3.8, 4) is 11.5 Å². The van der Waals surface area contributed by atoms with Gasteiger partial charge in [-0.2, -0.15) is 0 Å². The Labute approximate surface area is 197 Å². The maximum atomic E-state index is 5.72. The average Bonchev–Trinajstić information content (AvgIpc) is 2.80. The Morgan fingerprint density at radius 1 is 0.818 bits per heavy atom. The molecule has 33 heavy (non-hydrogen) atoms. The zero-order valence-corrected chi connectivity index (χ0v) is 20.8. The molecule has 0 amide bonds. The molecule has 0 bridgehead atoms. The number of fused-ring (bicyclic) bond motifs is 2. The number of methoxy groups -OCH3 is 2. The number of aromatic nitrogens is 2. The summed E-state index contributed by atoms with van der Waals surface area (Å²) < 4.78 is 11.3. The van der Waals surface area contributed by atoms with E-state index in [0.717, 1.165) is 40.9 Å². The minimum atomic E-state index is 0.389. The lowest BCUT2D eigenvalue weighted by atomic mass is 9.89. The second-order valence-corrected chi connectivity index (χ2v) is 9.44. The van der Waals surface area contributed by atoms with Crippen molar-refractivity contribution < 1.29 is 9.47 Å². The maximum absolute atomic E-state index is 5.72. The first-order chi connectivity index (χ1) is 15.8. The molecule has 0 radical (unpaired) electrons. The topological polar surface area (TPSA) is 44.2 Å². The van der Waals surface area contributed by atoms with Gasteiger partial charge in [0.1, 0.15) is 17.0 Å². The van der Waals surface area contributed by atoms with Crippen LogP contribution in [0.15, 0.2) is 42.7 Å². The third kappa shape index (κ3) is 4.39. The summed E-state index contributed by atoms with van der Waals surface area (Å²) in [5, 5.41) is 2.38. The zero-order valence-electron chi connectivity index (χ0n) is 20.8. The SMILES string of the molecule is COc1cc(C)c2ncc(CCc3cc(OC)c4nccc(C(C)C)c4c3)c(C(C)C)c2c1. The van der Waals surface area contributed by atoms with Crippen molar-refractivity contribution >= 4 is 21.8 Å². The summed E-state index contributed by atoms with van der Waals surface area (Å²) in [5.74, 6) is 2.53. The van der Waals surface area contributed by atoms with E-state index in [0.29, 0.717) is 11.8 Å². The fourth-order valence-electron chi connectivity index (χ4n) is 4.89. The molecule has 172 valence electrons. The van der Waals surface area contributed by atoms with Gasteiger partial charge < -0.3 is 9.47 Å². The van der Waals surface area contributed by atoms with Crippen molar-refractivity contribution in [2.75, 3.05) is 14.2 Å². The van der Waals surface area contributed by atoms with E-state index in [1.165, 1.54) is 33.0 Å². The molecule has 0 spiro atoms. The molecule has 0 aliphatic carbocycles. The van der Waals surface area contributed by atoms with Gasteiger partial charge in [0.2, 0.25) is 0 Å². The van der Waals surface area contributed by atoms with Gasteiger partial charge >= 0.3 is 0 Å². The number of ether oxygens (including phenoxy) is 2. The van der Waals surface area contributed by atoms with Crippen molar-refractivity contribution in [3.05, 3.63) is 70.5 Å². The molecule has 0 aliphatic heterocycles. The van der Waals surface area contributed by atoms with Crippen LogP contribution >= 0.6 is 0 Å². The third-order valence-electron chi connectivity index (χ3n) is 6.50. The molecule has 0 unspecified atom stereocenters.